The first-order chi connectivity index (χ1) is 15.6. The predicted molar refractivity (Wildman–Crippen MR) is 124 cm³/mol. The topological polar surface area (TPSA) is 99.9 Å². The van der Waals surface area contributed by atoms with Gasteiger partial charge in [0.15, 0.2) is 0 Å². The fourth-order valence-corrected chi connectivity index (χ4v) is 4.94. The number of rotatable bonds is 4. The molecule has 2 heterocycles. The monoisotopic (exact) mass is 430 g/mol. The van der Waals surface area contributed by atoms with Gasteiger partial charge in [-0.05, 0) is 50.3 Å². The molecule has 0 unspecified atom stereocenters. The number of fused-ring (bicyclic) bond motifs is 2. The molecule has 164 valence electrons. The summed E-state index contributed by atoms with van der Waals surface area (Å²) < 4.78 is 5.43. The number of aryl methyl sites for hydroxylation is 1. The smallest absolute Gasteiger partial charge is 0.272 e. The van der Waals surface area contributed by atoms with Crippen molar-refractivity contribution in [1.29, 1.82) is 0 Å². The highest BCUT2D eigenvalue weighted by atomic mass is 16.5. The van der Waals surface area contributed by atoms with E-state index in [2.05, 4.69) is 20.5 Å². The molecule has 3 N–H and O–H groups in total. The minimum absolute atomic E-state index is 0.0863. The van der Waals surface area contributed by atoms with Crippen LogP contribution in [0, 0.1) is 6.92 Å². The van der Waals surface area contributed by atoms with Crippen molar-refractivity contribution < 1.29 is 9.53 Å². The van der Waals surface area contributed by atoms with E-state index in [1.165, 1.54) is 0 Å². The molecule has 2 aromatic heterocycles. The Hall–Kier alpha value is -3.61. The number of ether oxygens (including phenoxy) is 1. The summed E-state index contributed by atoms with van der Waals surface area (Å²) in [4.78, 5) is 28.4. The highest BCUT2D eigenvalue weighted by Gasteiger charge is 2.27. The molecule has 1 saturated carbocycles. The molecule has 4 aromatic rings. The second kappa shape index (κ2) is 8.15. The van der Waals surface area contributed by atoms with Crippen LogP contribution >= 0.6 is 0 Å². The van der Waals surface area contributed by atoms with Crippen LogP contribution in [0.4, 0.5) is 0 Å². The molecule has 1 aliphatic rings. The number of nitrogens with zero attached hydrogens (tertiary/aromatic N) is 1. The highest BCUT2D eigenvalue weighted by molar-refractivity contribution is 6.02. The second-order valence-electron chi connectivity index (χ2n) is 8.51. The van der Waals surface area contributed by atoms with E-state index in [4.69, 9.17) is 4.74 Å². The second-order valence-corrected chi connectivity index (χ2v) is 8.51. The number of aromatic nitrogens is 3. The normalized spacial score (nSPS) is 18.7. The third-order valence-electron chi connectivity index (χ3n) is 6.68. The molecule has 32 heavy (non-hydrogen) atoms. The summed E-state index contributed by atoms with van der Waals surface area (Å²) in [6.45, 7) is 1.96. The lowest BCUT2D eigenvalue weighted by Gasteiger charge is -2.29. The van der Waals surface area contributed by atoms with Gasteiger partial charge in [-0.15, -0.1) is 0 Å². The maximum absolute atomic E-state index is 13.0. The minimum atomic E-state index is -0.157. The van der Waals surface area contributed by atoms with Crippen molar-refractivity contribution in [2.75, 3.05) is 7.11 Å². The maximum Gasteiger partial charge on any atom is 0.272 e. The minimum Gasteiger partial charge on any atom is -0.495 e. The number of carbonyl (C=O) groups is 1. The zero-order valence-electron chi connectivity index (χ0n) is 18.2. The van der Waals surface area contributed by atoms with E-state index in [0.29, 0.717) is 11.1 Å². The van der Waals surface area contributed by atoms with Crippen molar-refractivity contribution >= 4 is 27.6 Å². The third-order valence-corrected chi connectivity index (χ3v) is 6.68. The van der Waals surface area contributed by atoms with Crippen LogP contribution in [0.25, 0.3) is 21.7 Å². The Morgan fingerprint density at radius 3 is 2.50 bits per heavy atom. The molecule has 0 aliphatic heterocycles. The number of methoxy groups -OCH3 is 1. The van der Waals surface area contributed by atoms with Crippen LogP contribution in [0.2, 0.25) is 0 Å². The van der Waals surface area contributed by atoms with Gasteiger partial charge in [0, 0.05) is 22.7 Å². The Balaban J connectivity index is 1.30. The average Bonchev–Trinajstić information content (AvgIpc) is 3.17. The Morgan fingerprint density at radius 2 is 1.75 bits per heavy atom. The van der Waals surface area contributed by atoms with Gasteiger partial charge in [0.05, 0.1) is 23.7 Å². The Kier molecular flexibility index (Phi) is 5.17. The van der Waals surface area contributed by atoms with Crippen molar-refractivity contribution in [3.8, 4) is 5.75 Å². The van der Waals surface area contributed by atoms with Gasteiger partial charge in [-0.2, -0.15) is 5.10 Å². The third kappa shape index (κ3) is 3.43. The number of hydrogen-bond donors (Lipinski definition) is 3. The number of amides is 1. The number of aromatic amines is 2. The van der Waals surface area contributed by atoms with Gasteiger partial charge in [0.1, 0.15) is 11.4 Å². The lowest BCUT2D eigenvalue weighted by Crippen LogP contribution is -2.38. The van der Waals surface area contributed by atoms with Gasteiger partial charge in [0.2, 0.25) is 0 Å². The molecule has 1 amide bonds. The number of carbonyl (C=O) groups excluding carboxylic acids is 1. The van der Waals surface area contributed by atoms with E-state index < -0.39 is 0 Å². The molecular formula is C25H26N4O3. The molecule has 2 aromatic carbocycles. The summed E-state index contributed by atoms with van der Waals surface area (Å²) in [6.07, 6.45) is 3.56. The molecule has 0 atom stereocenters. The summed E-state index contributed by atoms with van der Waals surface area (Å²) in [5, 5.41) is 12.8. The summed E-state index contributed by atoms with van der Waals surface area (Å²) >= 11 is 0. The molecule has 0 bridgehead atoms. The first kappa shape index (κ1) is 20.3. The van der Waals surface area contributed by atoms with Gasteiger partial charge in [-0.25, -0.2) is 5.10 Å². The summed E-state index contributed by atoms with van der Waals surface area (Å²) in [5.74, 6) is 0.909. The largest absolute Gasteiger partial charge is 0.495 e. The van der Waals surface area contributed by atoms with Gasteiger partial charge in [-0.3, -0.25) is 9.59 Å². The zero-order valence-corrected chi connectivity index (χ0v) is 18.2. The SMILES string of the molecule is COc1cccc2c(C)c(C(=O)NC3CCC(c4n[nH]c(=O)c5ccccc45)CC3)[nH]c12. The highest BCUT2D eigenvalue weighted by Crippen LogP contribution is 2.35. The fraction of sp³-hybridized carbons (Fsp3) is 0.320. The fourth-order valence-electron chi connectivity index (χ4n) is 4.94. The van der Waals surface area contributed by atoms with Crippen LogP contribution < -0.4 is 15.6 Å². The molecule has 0 spiro atoms. The van der Waals surface area contributed by atoms with Crippen LogP contribution in [0.1, 0.15) is 53.3 Å². The first-order valence-corrected chi connectivity index (χ1v) is 11.0. The lowest BCUT2D eigenvalue weighted by atomic mass is 9.82. The number of hydrogen-bond acceptors (Lipinski definition) is 4. The number of benzene rings is 2. The number of H-pyrrole nitrogens is 2. The maximum atomic E-state index is 13.0. The first-order valence-electron chi connectivity index (χ1n) is 11.0. The van der Waals surface area contributed by atoms with Crippen LogP contribution in [-0.4, -0.2) is 34.2 Å². The van der Waals surface area contributed by atoms with E-state index in [-0.39, 0.29) is 23.4 Å². The summed E-state index contributed by atoms with van der Waals surface area (Å²) in [6, 6.07) is 13.5. The number of nitrogens with one attached hydrogen (secondary N) is 3. The van der Waals surface area contributed by atoms with E-state index in [1.807, 2.05) is 49.4 Å². The van der Waals surface area contributed by atoms with Crippen molar-refractivity contribution in [2.24, 2.45) is 0 Å². The van der Waals surface area contributed by atoms with Crippen molar-refractivity contribution in [2.45, 2.75) is 44.6 Å². The van der Waals surface area contributed by atoms with Crippen LogP contribution in [-0.2, 0) is 0 Å². The summed E-state index contributed by atoms with van der Waals surface area (Å²) in [7, 11) is 1.63. The molecule has 1 fully saturated rings. The molecule has 0 saturated heterocycles. The Labute approximate surface area is 185 Å². The van der Waals surface area contributed by atoms with Gasteiger partial charge >= 0.3 is 0 Å². The quantitative estimate of drug-likeness (QED) is 0.452. The molecule has 1 aliphatic carbocycles. The van der Waals surface area contributed by atoms with Crippen LogP contribution in [0.5, 0.6) is 5.75 Å². The van der Waals surface area contributed by atoms with E-state index >= 15 is 0 Å². The summed E-state index contributed by atoms with van der Waals surface area (Å²) in [5.41, 5.74) is 3.14. The zero-order chi connectivity index (χ0) is 22.2. The Morgan fingerprint density at radius 1 is 1.03 bits per heavy atom. The lowest BCUT2D eigenvalue weighted by molar-refractivity contribution is 0.0921. The van der Waals surface area contributed by atoms with Gasteiger partial charge in [-0.1, -0.05) is 30.3 Å². The Bertz CT molecular complexity index is 1360. The van der Waals surface area contributed by atoms with Crippen molar-refractivity contribution in [1.82, 2.24) is 20.5 Å². The van der Waals surface area contributed by atoms with E-state index in [1.54, 1.807) is 7.11 Å². The van der Waals surface area contributed by atoms with Crippen LogP contribution in [0.15, 0.2) is 47.3 Å². The molecule has 5 rings (SSSR count). The van der Waals surface area contributed by atoms with E-state index in [0.717, 1.165) is 59.0 Å². The van der Waals surface area contributed by atoms with Crippen LogP contribution in [0.3, 0.4) is 0 Å². The van der Waals surface area contributed by atoms with Gasteiger partial charge < -0.3 is 15.0 Å². The standard InChI is InChI=1S/C25H26N4O3/c1-14-17-8-5-9-20(32-2)23(17)27-21(14)25(31)26-16-12-10-15(11-13-16)22-18-6-3-4-7-19(18)24(30)29-28-22/h3-9,15-16,27H,10-13H2,1-2H3,(H,26,31)(H,29,30). The predicted octanol–water partition coefficient (Wildman–Crippen LogP) is 4.18. The van der Waals surface area contributed by atoms with Crippen molar-refractivity contribution in [3.05, 3.63) is 69.8 Å². The molecule has 0 radical (unpaired) electrons. The van der Waals surface area contributed by atoms with E-state index in [9.17, 15) is 9.59 Å². The van der Waals surface area contributed by atoms with Gasteiger partial charge in [0.25, 0.3) is 11.5 Å². The number of para-hydroxylation sites is 1. The molecule has 7 heteroatoms. The molecule has 7 nitrogen and oxygen atoms in total. The average molecular weight is 431 g/mol. The molecular weight excluding hydrogens is 404 g/mol. The van der Waals surface area contributed by atoms with Crippen molar-refractivity contribution in [3.63, 3.8) is 0 Å².